The molecule has 1 rings (SSSR count). The first-order valence-electron chi connectivity index (χ1n) is 3.31. The van der Waals surface area contributed by atoms with Crippen molar-refractivity contribution in [2.24, 2.45) is 0 Å². The second kappa shape index (κ2) is 6.13. The van der Waals surface area contributed by atoms with E-state index in [1.807, 2.05) is 30.3 Å². The van der Waals surface area contributed by atoms with E-state index < -0.39 is 7.82 Å². The van der Waals surface area contributed by atoms with E-state index >= 15 is 0 Å². The number of halogens is 1. The second-order valence-corrected chi connectivity index (χ2v) is 3.43. The minimum atomic E-state index is -4.64. The van der Waals surface area contributed by atoms with E-state index in [-0.39, 0.29) is 0 Å². The Morgan fingerprint density at radius 2 is 1.54 bits per heavy atom. The molecule has 0 atom stereocenters. The highest BCUT2D eigenvalue weighted by Gasteiger charge is 2.00. The molecule has 0 unspecified atom stereocenters. The van der Waals surface area contributed by atoms with Gasteiger partial charge in [0.05, 0.1) is 0 Å². The molecule has 74 valence electrons. The van der Waals surface area contributed by atoms with Crippen LogP contribution in [0, 0.1) is 0 Å². The zero-order chi connectivity index (χ0) is 10.3. The number of benzene rings is 1. The van der Waals surface area contributed by atoms with Crippen molar-refractivity contribution in [3.8, 4) is 0 Å². The van der Waals surface area contributed by atoms with Gasteiger partial charge in [-0.3, -0.25) is 0 Å². The van der Waals surface area contributed by atoms with Gasteiger partial charge in [0.1, 0.15) is 0 Å². The Balaban J connectivity index is 0.000000252. The molecule has 0 amide bonds. The Hall–Kier alpha value is -0.380. The summed E-state index contributed by atoms with van der Waals surface area (Å²) < 4.78 is 8.88. The molecule has 1 aromatic rings. The van der Waals surface area contributed by atoms with Crippen LogP contribution >= 0.6 is 19.4 Å². The van der Waals surface area contributed by atoms with Gasteiger partial charge in [0, 0.05) is 5.88 Å². The smallest absolute Gasteiger partial charge is 0.303 e. The van der Waals surface area contributed by atoms with Crippen LogP contribution in [0.4, 0.5) is 0 Å². The molecule has 6 heteroatoms. The highest BCUT2D eigenvalue weighted by Crippen LogP contribution is 2.25. The minimum Gasteiger partial charge on any atom is -0.303 e. The molecule has 3 N–H and O–H groups in total. The molecule has 0 aliphatic rings. The van der Waals surface area contributed by atoms with E-state index in [2.05, 4.69) is 0 Å². The van der Waals surface area contributed by atoms with Gasteiger partial charge in [-0.25, -0.2) is 4.57 Å². The Bertz CT molecular complexity index is 263. The number of alkyl halides is 1. The van der Waals surface area contributed by atoms with E-state index in [0.717, 1.165) is 0 Å². The van der Waals surface area contributed by atoms with E-state index in [0.29, 0.717) is 5.88 Å². The molecule has 0 fully saturated rings. The minimum absolute atomic E-state index is 0.612. The summed E-state index contributed by atoms with van der Waals surface area (Å²) in [5, 5.41) is 0. The SMILES string of the molecule is ClCc1ccccc1.O=P(O)(O)O. The number of rotatable bonds is 1. The fraction of sp³-hybridized carbons (Fsp3) is 0.143. The molecule has 0 heterocycles. The Kier molecular flexibility index (Phi) is 5.95. The van der Waals surface area contributed by atoms with E-state index in [9.17, 15) is 0 Å². The van der Waals surface area contributed by atoms with Crippen LogP contribution in [0.5, 0.6) is 0 Å². The number of hydrogen-bond acceptors (Lipinski definition) is 1. The molecule has 0 spiro atoms. The lowest BCUT2D eigenvalue weighted by Crippen LogP contribution is -1.71. The quantitative estimate of drug-likeness (QED) is 0.499. The summed E-state index contributed by atoms with van der Waals surface area (Å²) in [6, 6.07) is 9.96. The third-order valence-electron chi connectivity index (χ3n) is 0.997. The maximum Gasteiger partial charge on any atom is 0.466 e. The lowest BCUT2D eigenvalue weighted by atomic mass is 10.2. The predicted molar refractivity (Wildman–Crippen MR) is 50.3 cm³/mol. The lowest BCUT2D eigenvalue weighted by molar-refractivity contribution is 0.275. The second-order valence-electron chi connectivity index (χ2n) is 2.13. The third-order valence-corrected chi connectivity index (χ3v) is 1.31. The maximum absolute atomic E-state index is 8.88. The fourth-order valence-corrected chi connectivity index (χ4v) is 0.745. The molecule has 13 heavy (non-hydrogen) atoms. The van der Waals surface area contributed by atoms with Gasteiger partial charge in [-0.05, 0) is 5.56 Å². The summed E-state index contributed by atoms with van der Waals surface area (Å²) in [7, 11) is -4.64. The molecule has 0 radical (unpaired) electrons. The van der Waals surface area contributed by atoms with E-state index in [4.69, 9.17) is 30.8 Å². The maximum atomic E-state index is 8.88. The van der Waals surface area contributed by atoms with Crippen molar-refractivity contribution in [1.82, 2.24) is 0 Å². The first kappa shape index (κ1) is 12.6. The first-order valence-corrected chi connectivity index (χ1v) is 5.41. The average molecular weight is 225 g/mol. The van der Waals surface area contributed by atoms with Crippen molar-refractivity contribution < 1.29 is 19.2 Å². The molecule has 0 saturated heterocycles. The molecule has 0 bridgehead atoms. The summed E-state index contributed by atoms with van der Waals surface area (Å²) in [6.07, 6.45) is 0. The van der Waals surface area contributed by atoms with Gasteiger partial charge in [-0.2, -0.15) is 0 Å². The van der Waals surface area contributed by atoms with Crippen molar-refractivity contribution in [2.75, 3.05) is 0 Å². The highest BCUT2D eigenvalue weighted by atomic mass is 35.5. The average Bonchev–Trinajstić information content (AvgIpc) is 2.03. The van der Waals surface area contributed by atoms with Gasteiger partial charge in [0.25, 0.3) is 0 Å². The van der Waals surface area contributed by atoms with Gasteiger partial charge < -0.3 is 14.7 Å². The molecule has 0 saturated carbocycles. The summed E-state index contributed by atoms with van der Waals surface area (Å²) in [5.74, 6) is 0.612. The zero-order valence-corrected chi connectivity index (χ0v) is 8.32. The van der Waals surface area contributed by atoms with Crippen LogP contribution in [0.2, 0.25) is 0 Å². The fourth-order valence-electron chi connectivity index (χ4n) is 0.567. The number of hydrogen-bond donors (Lipinski definition) is 3. The molecule has 4 nitrogen and oxygen atoms in total. The molecule has 0 aliphatic heterocycles. The topological polar surface area (TPSA) is 77.8 Å². The normalized spacial score (nSPS) is 10.2. The molecular weight excluding hydrogens is 214 g/mol. The van der Waals surface area contributed by atoms with Crippen LogP contribution in [0.3, 0.4) is 0 Å². The van der Waals surface area contributed by atoms with Crippen LogP contribution in [-0.2, 0) is 10.4 Å². The summed E-state index contributed by atoms with van der Waals surface area (Å²) >= 11 is 5.53. The van der Waals surface area contributed by atoms with Crippen molar-refractivity contribution in [1.29, 1.82) is 0 Å². The van der Waals surface area contributed by atoms with E-state index in [1.54, 1.807) is 0 Å². The summed E-state index contributed by atoms with van der Waals surface area (Å²) in [5.41, 5.74) is 1.18. The van der Waals surface area contributed by atoms with Gasteiger partial charge in [0.2, 0.25) is 0 Å². The zero-order valence-electron chi connectivity index (χ0n) is 6.67. The van der Waals surface area contributed by atoms with Crippen molar-refractivity contribution in [3.05, 3.63) is 35.9 Å². The predicted octanol–water partition coefficient (Wildman–Crippen LogP) is 1.50. The standard InChI is InChI=1S/C7H7Cl.H3O4P/c8-6-7-4-2-1-3-5-7;1-5(2,3)4/h1-5H,6H2;(H3,1,2,3,4). The van der Waals surface area contributed by atoms with Gasteiger partial charge in [0.15, 0.2) is 0 Å². The number of phosphoric acid groups is 1. The van der Waals surface area contributed by atoms with Gasteiger partial charge in [-0.1, -0.05) is 30.3 Å². The van der Waals surface area contributed by atoms with Crippen molar-refractivity contribution in [2.45, 2.75) is 5.88 Å². The largest absolute Gasteiger partial charge is 0.466 e. The molecule has 1 aromatic carbocycles. The monoisotopic (exact) mass is 224 g/mol. The Morgan fingerprint density at radius 1 is 1.15 bits per heavy atom. The van der Waals surface area contributed by atoms with Crippen LogP contribution in [-0.4, -0.2) is 14.7 Å². The third kappa shape index (κ3) is 11.6. The van der Waals surface area contributed by atoms with Crippen LogP contribution in [0.15, 0.2) is 30.3 Å². The summed E-state index contributed by atoms with van der Waals surface area (Å²) in [4.78, 5) is 21.6. The van der Waals surface area contributed by atoms with Crippen LogP contribution < -0.4 is 0 Å². The molecular formula is C7H10ClO4P. The van der Waals surface area contributed by atoms with Crippen molar-refractivity contribution in [3.63, 3.8) is 0 Å². The summed E-state index contributed by atoms with van der Waals surface area (Å²) in [6.45, 7) is 0. The Morgan fingerprint density at radius 3 is 1.77 bits per heavy atom. The highest BCUT2D eigenvalue weighted by molar-refractivity contribution is 7.45. The Labute approximate surface area is 81.0 Å². The van der Waals surface area contributed by atoms with E-state index in [1.165, 1.54) is 5.56 Å². The molecule has 0 aromatic heterocycles. The van der Waals surface area contributed by atoms with Gasteiger partial charge >= 0.3 is 7.82 Å². The van der Waals surface area contributed by atoms with Crippen LogP contribution in [0.25, 0.3) is 0 Å². The molecule has 0 aliphatic carbocycles. The lowest BCUT2D eigenvalue weighted by Gasteiger charge is -1.88. The van der Waals surface area contributed by atoms with Gasteiger partial charge in [-0.15, -0.1) is 11.6 Å². The van der Waals surface area contributed by atoms with Crippen LogP contribution in [0.1, 0.15) is 5.56 Å². The first-order chi connectivity index (χ1) is 5.93. The van der Waals surface area contributed by atoms with Crippen molar-refractivity contribution >= 4 is 19.4 Å².